The average Bonchev–Trinajstić information content (AvgIpc) is 2.46. The first kappa shape index (κ1) is 15.9. The molecular formula is C15H10Cl3NO2. The number of nitriles is 1. The minimum absolute atomic E-state index is 0.166. The third-order valence-corrected chi connectivity index (χ3v) is 3.66. The van der Waals surface area contributed by atoms with Gasteiger partial charge in [-0.25, -0.2) is 0 Å². The molecule has 0 saturated carbocycles. The van der Waals surface area contributed by atoms with Crippen LogP contribution in [0.25, 0.3) is 0 Å². The molecule has 0 aliphatic heterocycles. The molecule has 0 amide bonds. The van der Waals surface area contributed by atoms with Gasteiger partial charge >= 0.3 is 0 Å². The van der Waals surface area contributed by atoms with Gasteiger partial charge in [-0.1, -0.05) is 40.9 Å². The molecule has 0 aliphatic rings. The Morgan fingerprint density at radius 1 is 1.05 bits per heavy atom. The quantitative estimate of drug-likeness (QED) is 0.884. The summed E-state index contributed by atoms with van der Waals surface area (Å²) in [6.07, 6.45) is 0. The van der Waals surface area contributed by atoms with Crippen LogP contribution in [0.15, 0.2) is 30.3 Å². The summed E-state index contributed by atoms with van der Waals surface area (Å²) in [5.41, 5.74) is 1.69. The van der Waals surface area contributed by atoms with Gasteiger partial charge < -0.3 is 9.84 Å². The second kappa shape index (κ2) is 7.02. The van der Waals surface area contributed by atoms with Crippen molar-refractivity contribution in [3.63, 3.8) is 0 Å². The monoisotopic (exact) mass is 341 g/mol. The normalized spacial score (nSPS) is 10.2. The van der Waals surface area contributed by atoms with Crippen molar-refractivity contribution in [1.29, 1.82) is 5.26 Å². The van der Waals surface area contributed by atoms with E-state index in [1.165, 1.54) is 6.07 Å². The fourth-order valence-corrected chi connectivity index (χ4v) is 2.60. The van der Waals surface area contributed by atoms with Gasteiger partial charge in [0.25, 0.3) is 0 Å². The van der Waals surface area contributed by atoms with Crippen molar-refractivity contribution >= 4 is 34.8 Å². The molecule has 0 spiro atoms. The van der Waals surface area contributed by atoms with Gasteiger partial charge in [-0.3, -0.25) is 0 Å². The standard InChI is InChI=1S/C15H10Cl3NO2/c16-12-4-11(7-20)15(14(18)5-12)21-8-10-2-1-9(6-19)3-13(10)17/h1-5,20H,7-8H2. The largest absolute Gasteiger partial charge is 0.487 e. The van der Waals surface area contributed by atoms with Crippen LogP contribution in [0.5, 0.6) is 5.75 Å². The van der Waals surface area contributed by atoms with Crippen molar-refractivity contribution in [2.24, 2.45) is 0 Å². The maximum atomic E-state index is 9.33. The van der Waals surface area contributed by atoms with E-state index in [0.717, 1.165) is 0 Å². The van der Waals surface area contributed by atoms with Crippen LogP contribution in [-0.2, 0) is 13.2 Å². The van der Waals surface area contributed by atoms with Crippen molar-refractivity contribution < 1.29 is 9.84 Å². The Morgan fingerprint density at radius 2 is 1.81 bits per heavy atom. The summed E-state index contributed by atoms with van der Waals surface area (Å²) in [5.74, 6) is 0.365. The topological polar surface area (TPSA) is 53.2 Å². The number of halogens is 3. The van der Waals surface area contributed by atoms with Crippen LogP contribution < -0.4 is 4.74 Å². The lowest BCUT2D eigenvalue weighted by atomic mass is 10.1. The first-order valence-electron chi connectivity index (χ1n) is 5.95. The second-order valence-corrected chi connectivity index (χ2v) is 5.49. The Kier molecular flexibility index (Phi) is 5.33. The number of hydrogen-bond acceptors (Lipinski definition) is 3. The molecule has 0 fully saturated rings. The fourth-order valence-electron chi connectivity index (χ4n) is 1.78. The zero-order chi connectivity index (χ0) is 15.4. The van der Waals surface area contributed by atoms with Crippen molar-refractivity contribution in [2.75, 3.05) is 0 Å². The number of ether oxygens (including phenoxy) is 1. The number of hydrogen-bond donors (Lipinski definition) is 1. The molecule has 0 heterocycles. The van der Waals surface area contributed by atoms with Gasteiger partial charge in [0.1, 0.15) is 12.4 Å². The molecule has 0 aromatic heterocycles. The predicted molar refractivity (Wildman–Crippen MR) is 82.9 cm³/mol. The molecule has 21 heavy (non-hydrogen) atoms. The van der Waals surface area contributed by atoms with E-state index in [-0.39, 0.29) is 13.2 Å². The summed E-state index contributed by atoms with van der Waals surface area (Å²) in [7, 11) is 0. The summed E-state index contributed by atoms with van der Waals surface area (Å²) in [4.78, 5) is 0. The van der Waals surface area contributed by atoms with Gasteiger partial charge in [0.15, 0.2) is 0 Å². The highest BCUT2D eigenvalue weighted by molar-refractivity contribution is 6.35. The lowest BCUT2D eigenvalue weighted by Gasteiger charge is -2.13. The Bertz CT molecular complexity index is 711. The van der Waals surface area contributed by atoms with Crippen molar-refractivity contribution in [3.8, 4) is 11.8 Å². The summed E-state index contributed by atoms with van der Waals surface area (Å²) in [6.45, 7) is -0.0738. The lowest BCUT2D eigenvalue weighted by Crippen LogP contribution is -2.00. The van der Waals surface area contributed by atoms with Crippen LogP contribution in [0.4, 0.5) is 0 Å². The van der Waals surface area contributed by atoms with E-state index in [1.54, 1.807) is 24.3 Å². The Balaban J connectivity index is 2.23. The fraction of sp³-hybridized carbons (Fsp3) is 0.133. The summed E-state index contributed by atoms with van der Waals surface area (Å²) < 4.78 is 5.64. The van der Waals surface area contributed by atoms with Gasteiger partial charge in [-0.05, 0) is 24.3 Å². The zero-order valence-electron chi connectivity index (χ0n) is 10.7. The third-order valence-electron chi connectivity index (χ3n) is 2.81. The second-order valence-electron chi connectivity index (χ2n) is 4.24. The summed E-state index contributed by atoms with van der Waals surface area (Å²) in [6, 6.07) is 10.1. The Morgan fingerprint density at radius 3 is 2.43 bits per heavy atom. The molecule has 6 heteroatoms. The van der Waals surface area contributed by atoms with Crippen LogP contribution in [0.2, 0.25) is 15.1 Å². The molecule has 0 aliphatic carbocycles. The van der Waals surface area contributed by atoms with E-state index >= 15 is 0 Å². The Labute approximate surface area is 137 Å². The van der Waals surface area contributed by atoms with Crippen molar-refractivity contribution in [3.05, 3.63) is 62.1 Å². The molecule has 1 N–H and O–H groups in total. The number of aliphatic hydroxyl groups is 1. The number of nitrogens with zero attached hydrogens (tertiary/aromatic N) is 1. The van der Waals surface area contributed by atoms with Gasteiger partial charge in [0.2, 0.25) is 0 Å². The van der Waals surface area contributed by atoms with Gasteiger partial charge in [-0.2, -0.15) is 5.26 Å². The SMILES string of the molecule is N#Cc1ccc(COc2c(Cl)cc(Cl)cc2CO)c(Cl)c1. The van der Waals surface area contributed by atoms with Crippen LogP contribution in [0.1, 0.15) is 16.7 Å². The lowest BCUT2D eigenvalue weighted by molar-refractivity contribution is 0.259. The highest BCUT2D eigenvalue weighted by Gasteiger charge is 2.11. The molecule has 2 aromatic carbocycles. The molecule has 0 radical (unpaired) electrons. The average molecular weight is 343 g/mol. The van der Waals surface area contributed by atoms with Crippen molar-refractivity contribution in [2.45, 2.75) is 13.2 Å². The molecular weight excluding hydrogens is 333 g/mol. The molecule has 0 unspecified atom stereocenters. The highest BCUT2D eigenvalue weighted by atomic mass is 35.5. The highest BCUT2D eigenvalue weighted by Crippen LogP contribution is 2.33. The van der Waals surface area contributed by atoms with Gasteiger partial charge in [-0.15, -0.1) is 0 Å². The van der Waals surface area contributed by atoms with Crippen LogP contribution in [0, 0.1) is 11.3 Å². The molecule has 0 saturated heterocycles. The molecule has 108 valence electrons. The van der Waals surface area contributed by atoms with Crippen molar-refractivity contribution in [1.82, 2.24) is 0 Å². The van der Waals surface area contributed by atoms with E-state index in [0.29, 0.717) is 37.5 Å². The van der Waals surface area contributed by atoms with E-state index in [2.05, 4.69) is 0 Å². The summed E-state index contributed by atoms with van der Waals surface area (Å²) in [5, 5.41) is 19.3. The maximum absolute atomic E-state index is 9.33. The predicted octanol–water partition coefficient (Wildman–Crippen LogP) is 4.59. The van der Waals surface area contributed by atoms with Crippen LogP contribution in [0.3, 0.4) is 0 Å². The first-order chi connectivity index (χ1) is 10.0. The molecule has 3 nitrogen and oxygen atoms in total. The molecule has 0 bridgehead atoms. The zero-order valence-corrected chi connectivity index (χ0v) is 13.0. The van der Waals surface area contributed by atoms with Gasteiger partial charge in [0, 0.05) is 21.2 Å². The number of rotatable bonds is 4. The molecule has 2 aromatic rings. The minimum Gasteiger partial charge on any atom is -0.487 e. The smallest absolute Gasteiger partial charge is 0.144 e. The Hall–Kier alpha value is -1.44. The third kappa shape index (κ3) is 3.81. The minimum atomic E-state index is -0.239. The number of benzene rings is 2. The maximum Gasteiger partial charge on any atom is 0.144 e. The molecule has 0 atom stereocenters. The van der Waals surface area contributed by atoms with Crippen LogP contribution in [-0.4, -0.2) is 5.11 Å². The van der Waals surface area contributed by atoms with E-state index in [9.17, 15) is 5.11 Å². The van der Waals surface area contributed by atoms with E-state index in [4.69, 9.17) is 44.8 Å². The first-order valence-corrected chi connectivity index (χ1v) is 7.08. The van der Waals surface area contributed by atoms with E-state index < -0.39 is 0 Å². The molecule has 2 rings (SSSR count). The number of aliphatic hydroxyl groups excluding tert-OH is 1. The van der Waals surface area contributed by atoms with E-state index in [1.807, 2.05) is 6.07 Å². The summed E-state index contributed by atoms with van der Waals surface area (Å²) >= 11 is 18.0. The van der Waals surface area contributed by atoms with Gasteiger partial charge in [0.05, 0.1) is 23.3 Å². The van der Waals surface area contributed by atoms with Crippen LogP contribution >= 0.6 is 34.8 Å².